The molecule has 0 aliphatic heterocycles. The van der Waals surface area contributed by atoms with Gasteiger partial charge in [-0.2, -0.15) is 0 Å². The first-order valence-corrected chi connectivity index (χ1v) is 7.99. The van der Waals surface area contributed by atoms with E-state index in [9.17, 15) is 4.79 Å². The standard InChI is InChI=1S/C18H19N3O/c22-18(20-12-6-2-1-3-7-12)17-16-14(10-11-19-17)13-8-4-5-9-15(13)21-16/h4-5,8-12,21H,1-3,6-7H2,(H,20,22). The molecule has 1 aliphatic rings. The molecule has 3 aromatic rings. The van der Waals surface area contributed by atoms with Crippen molar-refractivity contribution in [3.05, 3.63) is 42.2 Å². The molecule has 22 heavy (non-hydrogen) atoms. The van der Waals surface area contributed by atoms with E-state index in [1.807, 2.05) is 24.3 Å². The number of aromatic amines is 1. The van der Waals surface area contributed by atoms with Gasteiger partial charge in [0.1, 0.15) is 0 Å². The second kappa shape index (κ2) is 5.44. The lowest BCUT2D eigenvalue weighted by Gasteiger charge is -2.22. The number of amides is 1. The first kappa shape index (κ1) is 13.3. The minimum Gasteiger partial charge on any atom is -0.353 e. The fourth-order valence-corrected chi connectivity index (χ4v) is 3.45. The van der Waals surface area contributed by atoms with Gasteiger partial charge < -0.3 is 10.3 Å². The van der Waals surface area contributed by atoms with Crippen LogP contribution >= 0.6 is 0 Å². The van der Waals surface area contributed by atoms with Gasteiger partial charge in [-0.15, -0.1) is 0 Å². The van der Waals surface area contributed by atoms with Crippen molar-refractivity contribution in [3.8, 4) is 0 Å². The summed E-state index contributed by atoms with van der Waals surface area (Å²) in [6.07, 6.45) is 7.56. The van der Waals surface area contributed by atoms with Crippen LogP contribution in [0.25, 0.3) is 21.8 Å². The molecule has 2 aromatic heterocycles. The Labute approximate surface area is 128 Å². The zero-order chi connectivity index (χ0) is 14.9. The number of rotatable bonds is 2. The fraction of sp³-hybridized carbons (Fsp3) is 0.333. The molecule has 1 aromatic carbocycles. The first-order valence-electron chi connectivity index (χ1n) is 7.99. The summed E-state index contributed by atoms with van der Waals surface area (Å²) in [6, 6.07) is 10.4. The third-order valence-electron chi connectivity index (χ3n) is 4.58. The Morgan fingerprint density at radius 2 is 1.91 bits per heavy atom. The van der Waals surface area contributed by atoms with E-state index in [1.54, 1.807) is 6.20 Å². The van der Waals surface area contributed by atoms with E-state index in [0.29, 0.717) is 11.7 Å². The molecule has 0 spiro atoms. The number of pyridine rings is 1. The van der Waals surface area contributed by atoms with Gasteiger partial charge in [0.05, 0.1) is 5.52 Å². The maximum atomic E-state index is 12.6. The van der Waals surface area contributed by atoms with Crippen LogP contribution in [0.3, 0.4) is 0 Å². The first-order chi connectivity index (χ1) is 10.8. The van der Waals surface area contributed by atoms with Crippen LogP contribution in [0.2, 0.25) is 0 Å². The van der Waals surface area contributed by atoms with E-state index >= 15 is 0 Å². The average Bonchev–Trinajstić information content (AvgIpc) is 2.94. The number of carbonyl (C=O) groups is 1. The second-order valence-corrected chi connectivity index (χ2v) is 6.06. The number of hydrogen-bond acceptors (Lipinski definition) is 2. The maximum absolute atomic E-state index is 12.6. The van der Waals surface area contributed by atoms with Gasteiger partial charge in [-0.25, -0.2) is 4.98 Å². The van der Waals surface area contributed by atoms with Crippen LogP contribution in [0.5, 0.6) is 0 Å². The van der Waals surface area contributed by atoms with Crippen molar-refractivity contribution >= 4 is 27.7 Å². The van der Waals surface area contributed by atoms with E-state index in [0.717, 1.165) is 34.6 Å². The molecule has 0 saturated heterocycles. The van der Waals surface area contributed by atoms with E-state index in [2.05, 4.69) is 21.4 Å². The second-order valence-electron chi connectivity index (χ2n) is 6.06. The highest BCUT2D eigenvalue weighted by Gasteiger charge is 2.20. The van der Waals surface area contributed by atoms with Crippen LogP contribution in [0.15, 0.2) is 36.5 Å². The Hall–Kier alpha value is -2.36. The Morgan fingerprint density at radius 3 is 2.77 bits per heavy atom. The van der Waals surface area contributed by atoms with E-state index < -0.39 is 0 Å². The van der Waals surface area contributed by atoms with Crippen LogP contribution in [0, 0.1) is 0 Å². The molecular formula is C18H19N3O. The van der Waals surface area contributed by atoms with Crippen molar-refractivity contribution in [1.29, 1.82) is 0 Å². The van der Waals surface area contributed by atoms with E-state index in [1.165, 1.54) is 19.3 Å². The van der Waals surface area contributed by atoms with Gasteiger partial charge in [-0.3, -0.25) is 4.79 Å². The van der Waals surface area contributed by atoms with Crippen molar-refractivity contribution in [2.75, 3.05) is 0 Å². The third-order valence-corrected chi connectivity index (χ3v) is 4.58. The molecule has 4 heteroatoms. The number of para-hydroxylation sites is 1. The van der Waals surface area contributed by atoms with Gasteiger partial charge in [-0.1, -0.05) is 37.5 Å². The highest BCUT2D eigenvalue weighted by atomic mass is 16.1. The SMILES string of the molecule is O=C(NC1CCCCC1)c1nccc2c1[nH]c1ccccc12. The van der Waals surface area contributed by atoms with Crippen molar-refractivity contribution in [2.45, 2.75) is 38.1 Å². The molecule has 4 rings (SSSR count). The Morgan fingerprint density at radius 1 is 1.09 bits per heavy atom. The lowest BCUT2D eigenvalue weighted by Crippen LogP contribution is -2.36. The fourth-order valence-electron chi connectivity index (χ4n) is 3.45. The molecule has 1 fully saturated rings. The van der Waals surface area contributed by atoms with Gasteiger partial charge in [0.2, 0.25) is 0 Å². The number of hydrogen-bond donors (Lipinski definition) is 2. The van der Waals surface area contributed by atoms with Gasteiger partial charge in [0.15, 0.2) is 5.69 Å². The monoisotopic (exact) mass is 293 g/mol. The van der Waals surface area contributed by atoms with Crippen LogP contribution in [0.1, 0.15) is 42.6 Å². The molecule has 1 saturated carbocycles. The quantitative estimate of drug-likeness (QED) is 0.755. The summed E-state index contributed by atoms with van der Waals surface area (Å²) in [6.45, 7) is 0. The number of fused-ring (bicyclic) bond motifs is 3. The van der Waals surface area contributed by atoms with E-state index in [4.69, 9.17) is 0 Å². The van der Waals surface area contributed by atoms with Crippen molar-refractivity contribution in [1.82, 2.24) is 15.3 Å². The molecule has 2 heterocycles. The molecule has 0 radical (unpaired) electrons. The molecule has 0 bridgehead atoms. The molecule has 4 nitrogen and oxygen atoms in total. The summed E-state index contributed by atoms with van der Waals surface area (Å²) >= 11 is 0. The zero-order valence-corrected chi connectivity index (χ0v) is 12.4. The van der Waals surface area contributed by atoms with Crippen molar-refractivity contribution in [3.63, 3.8) is 0 Å². The van der Waals surface area contributed by atoms with Crippen LogP contribution in [0.4, 0.5) is 0 Å². The minimum absolute atomic E-state index is 0.0657. The summed E-state index contributed by atoms with van der Waals surface area (Å²) in [5, 5.41) is 5.34. The summed E-state index contributed by atoms with van der Waals surface area (Å²) in [5.41, 5.74) is 2.37. The van der Waals surface area contributed by atoms with Crippen molar-refractivity contribution < 1.29 is 4.79 Å². The summed E-state index contributed by atoms with van der Waals surface area (Å²) in [5.74, 6) is -0.0657. The largest absolute Gasteiger partial charge is 0.353 e. The maximum Gasteiger partial charge on any atom is 0.272 e. The lowest BCUT2D eigenvalue weighted by molar-refractivity contribution is 0.0924. The number of benzene rings is 1. The Kier molecular flexibility index (Phi) is 3.29. The molecule has 2 N–H and O–H groups in total. The Balaban J connectivity index is 1.73. The molecule has 112 valence electrons. The van der Waals surface area contributed by atoms with Crippen LogP contribution < -0.4 is 5.32 Å². The molecule has 1 aliphatic carbocycles. The third kappa shape index (κ3) is 2.25. The topological polar surface area (TPSA) is 57.8 Å². The summed E-state index contributed by atoms with van der Waals surface area (Å²) in [7, 11) is 0. The summed E-state index contributed by atoms with van der Waals surface area (Å²) in [4.78, 5) is 20.3. The molecule has 1 amide bonds. The Bertz CT molecular complexity index is 831. The zero-order valence-electron chi connectivity index (χ0n) is 12.4. The normalized spacial score (nSPS) is 16.2. The number of H-pyrrole nitrogens is 1. The molecule has 0 atom stereocenters. The highest BCUT2D eigenvalue weighted by molar-refractivity contribution is 6.13. The van der Waals surface area contributed by atoms with E-state index in [-0.39, 0.29) is 5.91 Å². The van der Waals surface area contributed by atoms with Gasteiger partial charge in [-0.05, 0) is 25.0 Å². The predicted molar refractivity (Wildman–Crippen MR) is 87.9 cm³/mol. The number of aromatic nitrogens is 2. The average molecular weight is 293 g/mol. The number of nitrogens with zero attached hydrogens (tertiary/aromatic N) is 1. The molecule has 0 unspecified atom stereocenters. The van der Waals surface area contributed by atoms with Gasteiger partial charge in [0, 0.05) is 28.5 Å². The van der Waals surface area contributed by atoms with Gasteiger partial charge >= 0.3 is 0 Å². The number of nitrogens with one attached hydrogen (secondary N) is 2. The summed E-state index contributed by atoms with van der Waals surface area (Å²) < 4.78 is 0. The van der Waals surface area contributed by atoms with Crippen LogP contribution in [-0.4, -0.2) is 21.9 Å². The smallest absolute Gasteiger partial charge is 0.272 e. The lowest BCUT2D eigenvalue weighted by atomic mass is 9.95. The number of carbonyl (C=O) groups excluding carboxylic acids is 1. The van der Waals surface area contributed by atoms with Gasteiger partial charge in [0.25, 0.3) is 5.91 Å². The van der Waals surface area contributed by atoms with Crippen molar-refractivity contribution in [2.24, 2.45) is 0 Å². The molecular weight excluding hydrogens is 274 g/mol. The van der Waals surface area contributed by atoms with Crippen LogP contribution in [-0.2, 0) is 0 Å². The highest BCUT2D eigenvalue weighted by Crippen LogP contribution is 2.26. The minimum atomic E-state index is -0.0657. The predicted octanol–water partition coefficient (Wildman–Crippen LogP) is 3.78.